The highest BCUT2D eigenvalue weighted by Crippen LogP contribution is 2.35. The summed E-state index contributed by atoms with van der Waals surface area (Å²) < 4.78 is 0. The van der Waals surface area contributed by atoms with E-state index in [1.165, 1.54) is 11.8 Å². The summed E-state index contributed by atoms with van der Waals surface area (Å²) in [7, 11) is 0. The number of rotatable bonds is 4. The molecule has 0 saturated carbocycles. The van der Waals surface area contributed by atoms with Crippen LogP contribution in [0.25, 0.3) is 16.5 Å². The largest absolute Gasteiger partial charge is 0.398 e. The van der Waals surface area contributed by atoms with Gasteiger partial charge < -0.3 is 16.5 Å². The molecule has 3 rings (SSSR count). The molecule has 0 bridgehead atoms. The van der Waals surface area contributed by atoms with Gasteiger partial charge in [0.25, 0.3) is 0 Å². The molecule has 1 aliphatic rings. The number of nitrogen functional groups attached to an aromatic ring is 1. The van der Waals surface area contributed by atoms with E-state index in [4.69, 9.17) is 16.1 Å². The van der Waals surface area contributed by atoms with E-state index in [1.54, 1.807) is 12.3 Å². The molecule has 0 aliphatic heterocycles. The first-order chi connectivity index (χ1) is 12.6. The molecule has 1 aliphatic carbocycles. The number of urea groups is 1. The molecule has 3 amide bonds. The molecule has 0 saturated heterocycles. The third kappa shape index (κ3) is 3.15. The second-order valence-corrected chi connectivity index (χ2v) is 6.29. The van der Waals surface area contributed by atoms with E-state index in [1.807, 2.05) is 18.3 Å². The van der Waals surface area contributed by atoms with Crippen molar-refractivity contribution in [3.05, 3.63) is 40.7 Å². The van der Waals surface area contributed by atoms with E-state index in [0.717, 1.165) is 53.4 Å². The molecule has 0 radical (unpaired) electrons. The van der Waals surface area contributed by atoms with Crippen molar-refractivity contribution in [3.63, 3.8) is 0 Å². The van der Waals surface area contributed by atoms with Crippen LogP contribution in [0.5, 0.6) is 0 Å². The van der Waals surface area contributed by atoms with Crippen LogP contribution in [0.3, 0.4) is 0 Å². The van der Waals surface area contributed by atoms with E-state index in [2.05, 4.69) is 5.32 Å². The van der Waals surface area contributed by atoms with Crippen LogP contribution in [0.1, 0.15) is 42.1 Å². The number of hydrogen-bond acceptors (Lipinski definition) is 5. The van der Waals surface area contributed by atoms with Crippen molar-refractivity contribution < 1.29 is 9.59 Å². The Hall–Kier alpha value is -3.22. The highest BCUT2D eigenvalue weighted by Gasteiger charge is 2.21. The van der Waals surface area contributed by atoms with Crippen molar-refractivity contribution in [1.82, 2.24) is 15.6 Å². The van der Waals surface area contributed by atoms with E-state index in [0.29, 0.717) is 17.7 Å². The Labute approximate surface area is 151 Å². The number of nitrogens with one attached hydrogen (secondary N) is 3. The van der Waals surface area contributed by atoms with E-state index >= 15 is 0 Å². The van der Waals surface area contributed by atoms with Crippen LogP contribution in [0.2, 0.25) is 0 Å². The lowest BCUT2D eigenvalue weighted by Crippen LogP contribution is -2.31. The number of carbonyl (C=O) groups excluding carboxylic acids is 2. The van der Waals surface area contributed by atoms with Gasteiger partial charge in [-0.2, -0.15) is 0 Å². The van der Waals surface area contributed by atoms with E-state index < -0.39 is 6.03 Å². The number of carbonyl (C=O) groups is 2. The van der Waals surface area contributed by atoms with Gasteiger partial charge in [0.15, 0.2) is 0 Å². The Balaban J connectivity index is 2.17. The fourth-order valence-corrected chi connectivity index (χ4v) is 3.48. The summed E-state index contributed by atoms with van der Waals surface area (Å²) in [5, 5.41) is 13.3. The number of aryl methyl sites for hydroxylation is 1. The van der Waals surface area contributed by atoms with Gasteiger partial charge in [-0.15, -0.1) is 0 Å². The molecule has 134 valence electrons. The van der Waals surface area contributed by atoms with Gasteiger partial charge in [0.1, 0.15) is 0 Å². The van der Waals surface area contributed by atoms with Crippen molar-refractivity contribution in [3.8, 4) is 0 Å². The molecule has 5 N–H and O–H groups in total. The average Bonchev–Trinajstić information content (AvgIpc) is 2.65. The fourth-order valence-electron chi connectivity index (χ4n) is 3.48. The van der Waals surface area contributed by atoms with Gasteiger partial charge >= 0.3 is 6.03 Å². The molecule has 0 fully saturated rings. The van der Waals surface area contributed by atoms with Crippen LogP contribution in [0.4, 0.5) is 10.5 Å². The van der Waals surface area contributed by atoms with Crippen LogP contribution in [0.15, 0.2) is 18.3 Å². The summed E-state index contributed by atoms with van der Waals surface area (Å²) in [5.74, 6) is 0. The van der Waals surface area contributed by atoms with Gasteiger partial charge in [-0.25, -0.2) is 9.78 Å². The average molecular weight is 351 g/mol. The topological polar surface area (TPSA) is 121 Å². The zero-order chi connectivity index (χ0) is 18.7. The van der Waals surface area contributed by atoms with Gasteiger partial charge in [0, 0.05) is 29.1 Å². The van der Waals surface area contributed by atoms with Crippen molar-refractivity contribution in [2.24, 2.45) is 0 Å². The number of anilines is 1. The van der Waals surface area contributed by atoms with E-state index in [9.17, 15) is 9.59 Å². The Kier molecular flexibility index (Phi) is 4.97. The lowest BCUT2D eigenvalue weighted by atomic mass is 9.85. The smallest absolute Gasteiger partial charge is 0.325 e. The zero-order valence-electron chi connectivity index (χ0n) is 14.6. The molecule has 26 heavy (non-hydrogen) atoms. The molecule has 1 aromatic carbocycles. The number of allylic oxidation sites excluding steroid dienone is 1. The maximum absolute atomic E-state index is 11.4. The third-order valence-electron chi connectivity index (χ3n) is 4.67. The van der Waals surface area contributed by atoms with Crippen LogP contribution in [0, 0.1) is 5.41 Å². The molecular formula is C19H21N5O2. The van der Waals surface area contributed by atoms with Gasteiger partial charge in [-0.3, -0.25) is 10.1 Å². The van der Waals surface area contributed by atoms with E-state index in [-0.39, 0.29) is 0 Å². The molecule has 2 aromatic rings. The van der Waals surface area contributed by atoms with Crippen molar-refractivity contribution in [2.75, 3.05) is 5.73 Å². The monoisotopic (exact) mass is 351 g/mol. The number of imide groups is 1. The van der Waals surface area contributed by atoms with Gasteiger partial charge in [-0.05, 0) is 61.4 Å². The summed E-state index contributed by atoms with van der Waals surface area (Å²) in [6.45, 7) is 1.87. The lowest BCUT2D eigenvalue weighted by Gasteiger charge is -2.23. The lowest BCUT2D eigenvalue weighted by molar-refractivity contribution is -0.108. The number of nitrogens with zero attached hydrogens (tertiary/aromatic N) is 1. The highest BCUT2D eigenvalue weighted by atomic mass is 16.2. The molecule has 0 spiro atoms. The predicted octanol–water partition coefficient (Wildman–Crippen LogP) is 2.51. The first-order valence-corrected chi connectivity index (χ1v) is 8.49. The number of aromatic nitrogens is 1. The molecule has 1 heterocycles. The van der Waals surface area contributed by atoms with Gasteiger partial charge in [-0.1, -0.05) is 0 Å². The Morgan fingerprint density at radius 3 is 2.65 bits per heavy atom. The molecule has 7 nitrogen and oxygen atoms in total. The van der Waals surface area contributed by atoms with Crippen molar-refractivity contribution >= 4 is 40.8 Å². The molecular weight excluding hydrogens is 330 g/mol. The molecule has 1 aromatic heterocycles. The summed E-state index contributed by atoms with van der Waals surface area (Å²) in [4.78, 5) is 26.6. The predicted molar refractivity (Wildman–Crippen MR) is 102 cm³/mol. The minimum atomic E-state index is -0.590. The zero-order valence-corrected chi connectivity index (χ0v) is 14.6. The van der Waals surface area contributed by atoms with Crippen LogP contribution >= 0.6 is 0 Å². The van der Waals surface area contributed by atoms with Crippen molar-refractivity contribution in [1.29, 1.82) is 5.41 Å². The third-order valence-corrected chi connectivity index (χ3v) is 4.67. The summed E-state index contributed by atoms with van der Waals surface area (Å²) in [6, 6.07) is 3.05. The van der Waals surface area contributed by atoms with Crippen LogP contribution in [-0.4, -0.2) is 23.6 Å². The number of nitrogens with two attached hydrogens (primary N) is 1. The number of pyridine rings is 1. The van der Waals surface area contributed by atoms with Crippen molar-refractivity contribution in [2.45, 2.75) is 32.6 Å². The first-order valence-electron chi connectivity index (χ1n) is 8.49. The van der Waals surface area contributed by atoms with Crippen LogP contribution < -0.4 is 16.4 Å². The normalized spacial score (nSPS) is 13.8. The molecule has 0 atom stereocenters. The number of amides is 3. The highest BCUT2D eigenvalue weighted by molar-refractivity contribution is 6.05. The summed E-state index contributed by atoms with van der Waals surface area (Å²) >= 11 is 0. The maximum atomic E-state index is 11.4. The minimum Gasteiger partial charge on any atom is -0.398 e. The fraction of sp³-hybridized carbons (Fsp3) is 0.263. The molecule has 7 heteroatoms. The second-order valence-electron chi connectivity index (χ2n) is 6.29. The van der Waals surface area contributed by atoms with Crippen LogP contribution in [-0.2, 0) is 17.6 Å². The minimum absolute atomic E-state index is 0.331. The quantitative estimate of drug-likeness (QED) is 0.384. The molecule has 0 unspecified atom stereocenters. The number of fused-ring (bicyclic) bond motifs is 3. The standard InChI is InChI=1S/C19H21N5O2/c1-11(9-22-19(26)23-10-25)18-13-5-3-2-4-12(13)17-14(8-20)15(21)6-7-16(17)24-18/h6-10,20H,2-5,21H2,1H3,(H2,22,23,25,26)/b11-9+,20-8?. The summed E-state index contributed by atoms with van der Waals surface area (Å²) in [5.41, 5.74) is 12.1. The van der Waals surface area contributed by atoms with Gasteiger partial charge in [0.05, 0.1) is 11.2 Å². The number of benzene rings is 1. The summed E-state index contributed by atoms with van der Waals surface area (Å²) in [6.07, 6.45) is 7.14. The Morgan fingerprint density at radius 2 is 1.96 bits per heavy atom. The number of hydrogen-bond donors (Lipinski definition) is 4. The SMILES string of the molecule is C/C(=C\NC(=O)NC=O)c1nc2ccc(N)c(C=N)c2c2c1CCCC2. The first kappa shape index (κ1) is 17.6. The second kappa shape index (κ2) is 7.35. The Bertz CT molecular complexity index is 933. The Morgan fingerprint density at radius 1 is 1.23 bits per heavy atom. The maximum Gasteiger partial charge on any atom is 0.325 e. The van der Waals surface area contributed by atoms with Gasteiger partial charge in [0.2, 0.25) is 6.41 Å².